The second kappa shape index (κ2) is 8.38. The lowest BCUT2D eigenvalue weighted by Crippen LogP contribution is -2.27. The molecular weight excluding hydrogens is 401 g/mol. The van der Waals surface area contributed by atoms with Crippen LogP contribution in [-0.2, 0) is 14.8 Å². The molecule has 0 heterocycles. The first-order valence-corrected chi connectivity index (χ1v) is 9.27. The molecule has 0 saturated heterocycles. The Morgan fingerprint density at radius 1 is 1.07 bits per heavy atom. The zero-order valence-corrected chi connectivity index (χ0v) is 15.7. The van der Waals surface area contributed by atoms with E-state index in [1.165, 1.54) is 41.3 Å². The zero-order chi connectivity index (χ0) is 20.9. The molecule has 1 amide bonds. The molecule has 0 aliphatic rings. The maximum atomic E-state index is 12.5. The van der Waals surface area contributed by atoms with E-state index in [-0.39, 0.29) is 18.2 Å². The minimum atomic E-state index is -5.03. The molecule has 0 radical (unpaired) electrons. The van der Waals surface area contributed by atoms with Gasteiger partial charge in [0, 0.05) is 19.8 Å². The van der Waals surface area contributed by atoms with Gasteiger partial charge in [0.25, 0.3) is 15.9 Å². The summed E-state index contributed by atoms with van der Waals surface area (Å²) in [5, 5.41) is 0. The molecule has 0 fully saturated rings. The van der Waals surface area contributed by atoms with Crippen LogP contribution in [0.25, 0.3) is 0 Å². The third-order valence-corrected chi connectivity index (χ3v) is 4.75. The van der Waals surface area contributed by atoms with Gasteiger partial charge in [-0.1, -0.05) is 12.1 Å². The van der Waals surface area contributed by atoms with E-state index in [2.05, 4.69) is 9.46 Å². The number of nitrogens with zero attached hydrogens (tertiary/aromatic N) is 1. The fraction of sp³-hybridized carbons (Fsp3) is 0.235. The fourth-order valence-corrected chi connectivity index (χ4v) is 3.17. The molecule has 0 saturated carbocycles. The lowest BCUT2D eigenvalue weighted by Gasteiger charge is -2.15. The highest BCUT2D eigenvalue weighted by Crippen LogP contribution is 2.30. The summed E-state index contributed by atoms with van der Waals surface area (Å²) < 4.78 is 73.5. The van der Waals surface area contributed by atoms with Crippen LogP contribution in [-0.4, -0.2) is 46.3 Å². The molecule has 152 valence electrons. The van der Waals surface area contributed by atoms with Gasteiger partial charge in [0.1, 0.15) is 16.4 Å². The van der Waals surface area contributed by atoms with Crippen molar-refractivity contribution in [1.82, 2.24) is 4.90 Å². The number of para-hydroxylation sites is 1. The second-order valence-corrected chi connectivity index (χ2v) is 7.35. The average Bonchev–Trinajstić information content (AvgIpc) is 2.59. The number of nitrogens with one attached hydrogen (secondary N) is 1. The Morgan fingerprint density at radius 3 is 2.25 bits per heavy atom. The molecule has 28 heavy (non-hydrogen) atoms. The van der Waals surface area contributed by atoms with Crippen LogP contribution in [0.3, 0.4) is 0 Å². The number of hydrogen-bond acceptors (Lipinski definition) is 5. The molecule has 7 nitrogen and oxygen atoms in total. The molecule has 0 aromatic heterocycles. The number of amides is 1. The van der Waals surface area contributed by atoms with Gasteiger partial charge in [0.2, 0.25) is 0 Å². The Balaban J connectivity index is 2.14. The van der Waals surface area contributed by atoms with Crippen molar-refractivity contribution in [1.29, 1.82) is 0 Å². The lowest BCUT2D eigenvalue weighted by atomic mass is 10.3. The van der Waals surface area contributed by atoms with Gasteiger partial charge in [0.05, 0.1) is 0 Å². The molecule has 2 aromatic carbocycles. The van der Waals surface area contributed by atoms with E-state index in [1.54, 1.807) is 14.1 Å². The van der Waals surface area contributed by atoms with E-state index >= 15 is 0 Å². The van der Waals surface area contributed by atoms with Gasteiger partial charge >= 0.3 is 6.36 Å². The largest absolute Gasteiger partial charge is 0.573 e. The van der Waals surface area contributed by atoms with Gasteiger partial charge in [-0.15, -0.1) is 13.2 Å². The number of hydrogen-bond donors (Lipinski definition) is 1. The van der Waals surface area contributed by atoms with Crippen LogP contribution in [0.2, 0.25) is 0 Å². The van der Waals surface area contributed by atoms with Crippen molar-refractivity contribution in [2.45, 2.75) is 11.3 Å². The van der Waals surface area contributed by atoms with Crippen molar-refractivity contribution >= 4 is 21.6 Å². The molecule has 0 spiro atoms. The number of anilines is 1. The van der Waals surface area contributed by atoms with E-state index in [4.69, 9.17) is 4.74 Å². The quantitative estimate of drug-likeness (QED) is 0.748. The average molecular weight is 418 g/mol. The molecule has 2 rings (SSSR count). The van der Waals surface area contributed by atoms with E-state index in [0.29, 0.717) is 5.75 Å². The Bertz CT molecular complexity index is 929. The van der Waals surface area contributed by atoms with Crippen molar-refractivity contribution in [3.05, 3.63) is 48.5 Å². The van der Waals surface area contributed by atoms with Crippen molar-refractivity contribution < 1.29 is 35.9 Å². The predicted molar refractivity (Wildman–Crippen MR) is 94.6 cm³/mol. The summed E-state index contributed by atoms with van der Waals surface area (Å²) in [6, 6.07) is 9.92. The van der Waals surface area contributed by atoms with Gasteiger partial charge in [-0.25, -0.2) is 8.42 Å². The van der Waals surface area contributed by atoms with E-state index in [1.807, 2.05) is 0 Å². The minimum Gasteiger partial charge on any atom is -0.484 e. The van der Waals surface area contributed by atoms with Gasteiger partial charge in [-0.2, -0.15) is 0 Å². The topological polar surface area (TPSA) is 84.9 Å². The highest BCUT2D eigenvalue weighted by Gasteiger charge is 2.34. The number of rotatable bonds is 7. The Kier molecular flexibility index (Phi) is 6.39. The third-order valence-electron chi connectivity index (χ3n) is 3.33. The Labute approximate surface area is 159 Å². The summed E-state index contributed by atoms with van der Waals surface area (Å²) in [5.41, 5.74) is 0.0908. The first-order valence-electron chi connectivity index (χ1n) is 7.78. The molecular formula is C17H17F3N2O5S. The highest BCUT2D eigenvalue weighted by atomic mass is 32.2. The number of alkyl halides is 3. The van der Waals surface area contributed by atoms with Crippen LogP contribution in [0, 0.1) is 0 Å². The molecule has 0 unspecified atom stereocenters. The monoisotopic (exact) mass is 418 g/mol. The summed E-state index contributed by atoms with van der Waals surface area (Å²) >= 11 is 0. The maximum Gasteiger partial charge on any atom is 0.573 e. The molecule has 0 bridgehead atoms. The molecule has 0 atom stereocenters. The SMILES string of the molecule is CN(C)C(=O)COc1ccc(NS(=O)(=O)c2ccccc2OC(F)(F)F)cc1. The van der Waals surface area contributed by atoms with Crippen LogP contribution in [0.5, 0.6) is 11.5 Å². The second-order valence-electron chi connectivity index (χ2n) is 5.70. The zero-order valence-electron chi connectivity index (χ0n) is 14.9. The Morgan fingerprint density at radius 2 is 1.68 bits per heavy atom. The van der Waals surface area contributed by atoms with Crippen molar-refractivity contribution in [2.75, 3.05) is 25.4 Å². The van der Waals surface area contributed by atoms with Crippen molar-refractivity contribution in [3.8, 4) is 11.5 Å². The van der Waals surface area contributed by atoms with E-state index < -0.39 is 27.0 Å². The normalized spacial score (nSPS) is 11.6. The van der Waals surface area contributed by atoms with Gasteiger partial charge < -0.3 is 14.4 Å². The van der Waals surface area contributed by atoms with Crippen LogP contribution < -0.4 is 14.2 Å². The van der Waals surface area contributed by atoms with Crippen molar-refractivity contribution in [2.24, 2.45) is 0 Å². The smallest absolute Gasteiger partial charge is 0.484 e. The summed E-state index contributed by atoms with van der Waals surface area (Å²) in [6.07, 6.45) is -5.03. The fourth-order valence-electron chi connectivity index (χ4n) is 1.98. The van der Waals surface area contributed by atoms with Gasteiger partial charge in [-0.05, 0) is 36.4 Å². The van der Waals surface area contributed by atoms with Crippen LogP contribution in [0.1, 0.15) is 0 Å². The molecule has 0 aliphatic heterocycles. The van der Waals surface area contributed by atoms with Gasteiger partial charge in [-0.3, -0.25) is 9.52 Å². The predicted octanol–water partition coefficient (Wildman–Crippen LogP) is 2.85. The number of halogens is 3. The van der Waals surface area contributed by atoms with Crippen LogP contribution >= 0.6 is 0 Å². The molecule has 1 N–H and O–H groups in total. The Hall–Kier alpha value is -2.95. The highest BCUT2D eigenvalue weighted by molar-refractivity contribution is 7.92. The number of carbonyl (C=O) groups is 1. The minimum absolute atomic E-state index is 0.0908. The number of benzene rings is 2. The standard InChI is InChI=1S/C17H17F3N2O5S/c1-22(2)16(23)11-26-13-9-7-12(8-10-13)21-28(24,25)15-6-4-3-5-14(15)27-17(18,19)20/h3-10,21H,11H2,1-2H3. The van der Waals surface area contributed by atoms with Gasteiger partial charge in [0.15, 0.2) is 6.61 Å². The first-order chi connectivity index (χ1) is 13.0. The van der Waals surface area contributed by atoms with Crippen LogP contribution in [0.4, 0.5) is 18.9 Å². The maximum absolute atomic E-state index is 12.5. The summed E-state index contributed by atoms with van der Waals surface area (Å²) in [7, 11) is -1.20. The summed E-state index contributed by atoms with van der Waals surface area (Å²) in [4.78, 5) is 12.2. The molecule has 11 heteroatoms. The number of carbonyl (C=O) groups excluding carboxylic acids is 1. The third kappa shape index (κ3) is 6.05. The van der Waals surface area contributed by atoms with E-state index in [0.717, 1.165) is 12.1 Å². The molecule has 2 aromatic rings. The van der Waals surface area contributed by atoms with Crippen LogP contribution in [0.15, 0.2) is 53.4 Å². The number of sulfonamides is 1. The summed E-state index contributed by atoms with van der Waals surface area (Å²) in [5.74, 6) is -0.783. The summed E-state index contributed by atoms with van der Waals surface area (Å²) in [6.45, 7) is -0.194. The number of ether oxygens (including phenoxy) is 2. The number of likely N-dealkylation sites (N-methyl/N-ethyl adjacent to an activating group) is 1. The first kappa shape index (κ1) is 21.4. The van der Waals surface area contributed by atoms with Crippen molar-refractivity contribution in [3.63, 3.8) is 0 Å². The molecule has 0 aliphatic carbocycles. The lowest BCUT2D eigenvalue weighted by molar-refractivity contribution is -0.275. The van der Waals surface area contributed by atoms with E-state index in [9.17, 15) is 26.4 Å².